The van der Waals surface area contributed by atoms with Crippen molar-refractivity contribution in [3.63, 3.8) is 0 Å². The fraction of sp³-hybridized carbons (Fsp3) is 0.368. The topological polar surface area (TPSA) is 67.2 Å². The first-order valence-corrected chi connectivity index (χ1v) is 9.01. The van der Waals surface area contributed by atoms with Crippen LogP contribution in [-0.4, -0.2) is 56.7 Å². The summed E-state index contributed by atoms with van der Waals surface area (Å²) in [5.74, 6) is -0.368. The van der Waals surface area contributed by atoms with Crippen molar-refractivity contribution in [3.8, 4) is 0 Å². The van der Waals surface area contributed by atoms with E-state index in [0.717, 1.165) is 29.0 Å². The minimum absolute atomic E-state index is 0.179. The van der Waals surface area contributed by atoms with Gasteiger partial charge in [-0.3, -0.25) is 9.48 Å². The molecule has 1 aliphatic heterocycles. The molecule has 9 heteroatoms. The number of benzene rings is 1. The quantitative estimate of drug-likeness (QED) is 0.676. The van der Waals surface area contributed by atoms with Crippen molar-refractivity contribution in [1.29, 1.82) is 0 Å². The van der Waals surface area contributed by atoms with Gasteiger partial charge in [-0.25, -0.2) is 18.7 Å². The molecule has 0 saturated carbocycles. The summed E-state index contributed by atoms with van der Waals surface area (Å²) in [5, 5.41) is 5.09. The first kappa shape index (κ1) is 18.3. The van der Waals surface area contributed by atoms with Crippen molar-refractivity contribution >= 4 is 22.8 Å². The molecule has 3 aromatic rings. The summed E-state index contributed by atoms with van der Waals surface area (Å²) in [6.45, 7) is 5.13. The van der Waals surface area contributed by atoms with Gasteiger partial charge in [-0.15, -0.1) is 0 Å². The van der Waals surface area contributed by atoms with Crippen LogP contribution in [0.5, 0.6) is 0 Å². The number of rotatable bonds is 2. The Morgan fingerprint density at radius 2 is 1.75 bits per heavy atom. The number of carbonyl (C=O) groups is 1. The number of anilines is 1. The van der Waals surface area contributed by atoms with Gasteiger partial charge in [-0.1, -0.05) is 0 Å². The highest BCUT2D eigenvalue weighted by Crippen LogP contribution is 2.25. The van der Waals surface area contributed by atoms with Crippen molar-refractivity contribution < 1.29 is 13.6 Å². The fourth-order valence-electron chi connectivity index (χ4n) is 3.46. The van der Waals surface area contributed by atoms with Gasteiger partial charge in [0.25, 0.3) is 5.91 Å². The average Bonchev–Trinajstić information content (AvgIpc) is 3.04. The van der Waals surface area contributed by atoms with E-state index in [1.807, 2.05) is 14.0 Å². The zero-order valence-electron chi connectivity index (χ0n) is 15.9. The Morgan fingerprint density at radius 3 is 2.46 bits per heavy atom. The predicted molar refractivity (Wildman–Crippen MR) is 100 cm³/mol. The smallest absolute Gasteiger partial charge is 0.257 e. The number of fused-ring (bicyclic) bond motifs is 1. The number of hydrogen-bond acceptors (Lipinski definition) is 5. The lowest BCUT2D eigenvalue weighted by Crippen LogP contribution is -2.49. The van der Waals surface area contributed by atoms with Crippen LogP contribution in [0.25, 0.3) is 11.0 Å². The molecule has 0 aliphatic carbocycles. The molecule has 28 heavy (non-hydrogen) atoms. The Hall–Kier alpha value is -3.10. The maximum Gasteiger partial charge on any atom is 0.257 e. The monoisotopic (exact) mass is 386 g/mol. The van der Waals surface area contributed by atoms with Gasteiger partial charge in [0.15, 0.2) is 5.65 Å². The van der Waals surface area contributed by atoms with E-state index in [1.54, 1.807) is 10.9 Å². The highest BCUT2D eigenvalue weighted by atomic mass is 19.1. The van der Waals surface area contributed by atoms with Gasteiger partial charge >= 0.3 is 0 Å². The third-order valence-electron chi connectivity index (χ3n) is 5.03. The van der Waals surface area contributed by atoms with Crippen LogP contribution >= 0.6 is 0 Å². The lowest BCUT2D eigenvalue weighted by molar-refractivity contribution is 0.0741. The summed E-state index contributed by atoms with van der Waals surface area (Å²) in [7, 11) is 1.82. The summed E-state index contributed by atoms with van der Waals surface area (Å²) in [4.78, 5) is 25.2. The van der Waals surface area contributed by atoms with Crippen molar-refractivity contribution in [2.75, 3.05) is 31.1 Å². The number of hydrogen-bond donors (Lipinski definition) is 0. The molecule has 0 radical (unpaired) electrons. The van der Waals surface area contributed by atoms with Gasteiger partial charge in [0.05, 0.1) is 17.1 Å². The van der Waals surface area contributed by atoms with Crippen LogP contribution in [-0.2, 0) is 7.05 Å². The number of halogens is 2. The lowest BCUT2D eigenvalue weighted by atomic mass is 10.1. The maximum absolute atomic E-state index is 14.1. The van der Waals surface area contributed by atoms with E-state index in [0.29, 0.717) is 32.0 Å². The number of nitrogens with zero attached hydrogens (tertiary/aromatic N) is 6. The molecule has 0 N–H and O–H groups in total. The lowest BCUT2D eigenvalue weighted by Gasteiger charge is -2.35. The summed E-state index contributed by atoms with van der Waals surface area (Å²) >= 11 is 0. The van der Waals surface area contributed by atoms with Crippen molar-refractivity contribution in [2.24, 2.45) is 7.05 Å². The molecule has 0 spiro atoms. The van der Waals surface area contributed by atoms with Gasteiger partial charge in [0.1, 0.15) is 23.3 Å². The van der Waals surface area contributed by atoms with Gasteiger partial charge in [0.2, 0.25) is 0 Å². The van der Waals surface area contributed by atoms with E-state index in [-0.39, 0.29) is 11.1 Å². The Kier molecular flexibility index (Phi) is 4.44. The number of amides is 1. The third kappa shape index (κ3) is 3.06. The molecule has 3 heterocycles. The van der Waals surface area contributed by atoms with E-state index in [4.69, 9.17) is 0 Å². The highest BCUT2D eigenvalue weighted by Gasteiger charge is 2.27. The van der Waals surface area contributed by atoms with Gasteiger partial charge < -0.3 is 9.80 Å². The summed E-state index contributed by atoms with van der Waals surface area (Å²) in [6.07, 6.45) is 1.73. The predicted octanol–water partition coefficient (Wildman–Crippen LogP) is 2.22. The molecule has 4 rings (SSSR count). The average molecular weight is 386 g/mol. The zero-order chi connectivity index (χ0) is 20.0. The van der Waals surface area contributed by atoms with Gasteiger partial charge in [-0.05, 0) is 31.5 Å². The molecule has 0 unspecified atom stereocenters. The number of aromatic nitrogens is 4. The standard InChI is InChI=1S/C19H20F2N6O/c1-11-8-16(21)13(9-15(11)20)19(28)27-6-4-26(5-7-27)18-14-10-22-25(3)17(14)23-12(2)24-18/h8-10H,4-7H2,1-3H3. The summed E-state index contributed by atoms with van der Waals surface area (Å²) in [6, 6.07) is 2.04. The second kappa shape index (κ2) is 6.81. The molecule has 1 aliphatic rings. The summed E-state index contributed by atoms with van der Waals surface area (Å²) in [5.41, 5.74) is 0.695. The van der Waals surface area contributed by atoms with Crippen LogP contribution in [0.1, 0.15) is 21.7 Å². The van der Waals surface area contributed by atoms with Crippen LogP contribution in [0.2, 0.25) is 0 Å². The minimum Gasteiger partial charge on any atom is -0.352 e. The molecular weight excluding hydrogens is 366 g/mol. The van der Waals surface area contributed by atoms with E-state index < -0.39 is 17.5 Å². The summed E-state index contributed by atoms with van der Waals surface area (Å²) < 4.78 is 29.6. The Labute approximate surface area is 160 Å². The molecule has 1 amide bonds. The maximum atomic E-state index is 14.1. The van der Waals surface area contributed by atoms with Crippen LogP contribution in [0.3, 0.4) is 0 Å². The molecule has 1 saturated heterocycles. The fourth-order valence-corrected chi connectivity index (χ4v) is 3.46. The molecule has 2 aromatic heterocycles. The molecule has 1 fully saturated rings. The molecule has 7 nitrogen and oxygen atoms in total. The Morgan fingerprint density at radius 1 is 1.04 bits per heavy atom. The highest BCUT2D eigenvalue weighted by molar-refractivity contribution is 5.95. The molecule has 146 valence electrons. The molecule has 0 bridgehead atoms. The largest absolute Gasteiger partial charge is 0.352 e. The molecular formula is C19H20F2N6O. The van der Waals surface area contributed by atoms with Gasteiger partial charge in [-0.2, -0.15) is 5.10 Å². The molecule has 0 atom stereocenters. The van der Waals surface area contributed by atoms with Crippen LogP contribution < -0.4 is 4.90 Å². The number of piperazine rings is 1. The van der Waals surface area contributed by atoms with E-state index in [9.17, 15) is 13.6 Å². The normalized spacial score (nSPS) is 14.8. The first-order chi connectivity index (χ1) is 13.3. The van der Waals surface area contributed by atoms with Crippen molar-refractivity contribution in [3.05, 3.63) is 46.9 Å². The van der Waals surface area contributed by atoms with Crippen LogP contribution in [0.15, 0.2) is 18.3 Å². The third-order valence-corrected chi connectivity index (χ3v) is 5.03. The zero-order valence-corrected chi connectivity index (χ0v) is 15.9. The van der Waals surface area contributed by atoms with E-state index >= 15 is 0 Å². The molecule has 1 aromatic carbocycles. The van der Waals surface area contributed by atoms with E-state index in [1.165, 1.54) is 11.8 Å². The van der Waals surface area contributed by atoms with E-state index in [2.05, 4.69) is 20.0 Å². The minimum atomic E-state index is -0.699. The van der Waals surface area contributed by atoms with Crippen molar-refractivity contribution in [1.82, 2.24) is 24.6 Å². The van der Waals surface area contributed by atoms with Crippen LogP contribution in [0.4, 0.5) is 14.6 Å². The SMILES string of the molecule is Cc1nc(N2CCN(C(=O)c3cc(F)c(C)cc3F)CC2)c2cnn(C)c2n1. The Balaban J connectivity index is 1.54. The van der Waals surface area contributed by atoms with Crippen LogP contribution in [0, 0.1) is 25.5 Å². The number of carbonyl (C=O) groups excluding carboxylic acids is 1. The Bertz CT molecular complexity index is 1070. The van der Waals surface area contributed by atoms with Gasteiger partial charge in [0, 0.05) is 33.2 Å². The second-order valence-electron chi connectivity index (χ2n) is 6.96. The number of aryl methyl sites for hydroxylation is 3. The second-order valence-corrected chi connectivity index (χ2v) is 6.96. The van der Waals surface area contributed by atoms with Crippen molar-refractivity contribution in [2.45, 2.75) is 13.8 Å². The first-order valence-electron chi connectivity index (χ1n) is 9.01.